The zero-order valence-electron chi connectivity index (χ0n) is 11.5. The van der Waals surface area contributed by atoms with Crippen LogP contribution in [0.2, 0.25) is 0 Å². The van der Waals surface area contributed by atoms with Crippen LogP contribution in [0.1, 0.15) is 18.4 Å². The SMILES string of the molecule is Cc1cc(Br)c(N)cc1S(=O)(=O)NC1CCCS(=O)(=O)C1. The van der Waals surface area contributed by atoms with Crippen molar-refractivity contribution >= 4 is 41.5 Å². The lowest BCUT2D eigenvalue weighted by Crippen LogP contribution is -2.43. The lowest BCUT2D eigenvalue weighted by molar-refractivity contribution is 0.517. The van der Waals surface area contributed by atoms with Crippen LogP contribution in [0.4, 0.5) is 5.69 Å². The Bertz CT molecular complexity index is 760. The van der Waals surface area contributed by atoms with Crippen LogP contribution in [-0.4, -0.2) is 34.4 Å². The summed E-state index contributed by atoms with van der Waals surface area (Å²) in [5.41, 5.74) is 6.59. The molecule has 21 heavy (non-hydrogen) atoms. The molecule has 0 radical (unpaired) electrons. The topological polar surface area (TPSA) is 106 Å². The molecule has 0 aliphatic carbocycles. The molecule has 1 aliphatic rings. The highest BCUT2D eigenvalue weighted by Gasteiger charge is 2.29. The van der Waals surface area contributed by atoms with E-state index in [-0.39, 0.29) is 16.4 Å². The predicted molar refractivity (Wildman–Crippen MR) is 85.3 cm³/mol. The number of sulfonamides is 1. The number of sulfone groups is 1. The van der Waals surface area contributed by atoms with Gasteiger partial charge in [-0.1, -0.05) is 0 Å². The highest BCUT2D eigenvalue weighted by molar-refractivity contribution is 9.10. The number of rotatable bonds is 3. The number of nitrogens with one attached hydrogen (secondary N) is 1. The predicted octanol–water partition coefficient (Wildman–Crippen LogP) is 1.20. The van der Waals surface area contributed by atoms with Crippen LogP contribution in [0.25, 0.3) is 0 Å². The van der Waals surface area contributed by atoms with Crippen molar-refractivity contribution in [2.24, 2.45) is 0 Å². The van der Waals surface area contributed by atoms with Crippen molar-refractivity contribution in [1.29, 1.82) is 0 Å². The van der Waals surface area contributed by atoms with Crippen molar-refractivity contribution in [3.63, 3.8) is 0 Å². The molecule has 0 amide bonds. The van der Waals surface area contributed by atoms with E-state index in [1.165, 1.54) is 6.07 Å². The summed E-state index contributed by atoms with van der Waals surface area (Å²) in [5, 5.41) is 0. The maximum Gasteiger partial charge on any atom is 0.241 e. The molecule has 1 unspecified atom stereocenters. The zero-order valence-corrected chi connectivity index (χ0v) is 14.7. The summed E-state index contributed by atoms with van der Waals surface area (Å²) in [6.07, 6.45) is 0.987. The van der Waals surface area contributed by atoms with E-state index in [0.717, 1.165) is 0 Å². The Kier molecular flexibility index (Phi) is 4.67. The number of nitrogens with two attached hydrogens (primary N) is 1. The Balaban J connectivity index is 2.29. The lowest BCUT2D eigenvalue weighted by atomic mass is 10.2. The van der Waals surface area contributed by atoms with Crippen LogP contribution in [0.3, 0.4) is 0 Å². The molecule has 1 heterocycles. The van der Waals surface area contributed by atoms with Gasteiger partial charge in [-0.05, 0) is 53.4 Å². The van der Waals surface area contributed by atoms with E-state index in [2.05, 4.69) is 20.7 Å². The minimum atomic E-state index is -3.80. The van der Waals surface area contributed by atoms with Gasteiger partial charge in [-0.3, -0.25) is 0 Å². The second-order valence-electron chi connectivity index (χ2n) is 5.21. The van der Waals surface area contributed by atoms with Crippen molar-refractivity contribution in [2.45, 2.75) is 30.7 Å². The molecule has 1 atom stereocenters. The summed E-state index contributed by atoms with van der Waals surface area (Å²) < 4.78 is 51.1. The molecule has 3 N–H and O–H groups in total. The molecule has 0 aromatic heterocycles. The van der Waals surface area contributed by atoms with Gasteiger partial charge in [-0.15, -0.1) is 0 Å². The van der Waals surface area contributed by atoms with Crippen molar-refractivity contribution < 1.29 is 16.8 Å². The Morgan fingerprint density at radius 2 is 2.05 bits per heavy atom. The molecule has 6 nitrogen and oxygen atoms in total. The molecule has 2 rings (SSSR count). The van der Waals surface area contributed by atoms with Gasteiger partial charge >= 0.3 is 0 Å². The maximum absolute atomic E-state index is 12.4. The van der Waals surface area contributed by atoms with E-state index >= 15 is 0 Å². The van der Waals surface area contributed by atoms with Gasteiger partial charge in [0.15, 0.2) is 9.84 Å². The van der Waals surface area contributed by atoms with Gasteiger partial charge in [0, 0.05) is 16.2 Å². The zero-order chi connectivity index (χ0) is 15.8. The van der Waals surface area contributed by atoms with Gasteiger partial charge in [0.1, 0.15) is 0 Å². The molecule has 1 aromatic rings. The number of anilines is 1. The molecule has 0 spiro atoms. The van der Waals surface area contributed by atoms with Gasteiger partial charge in [0.25, 0.3) is 0 Å². The molecule has 1 aromatic carbocycles. The number of hydrogen-bond acceptors (Lipinski definition) is 5. The lowest BCUT2D eigenvalue weighted by Gasteiger charge is -2.23. The Morgan fingerprint density at radius 1 is 1.38 bits per heavy atom. The third-order valence-corrected chi connectivity index (χ3v) is 7.54. The average molecular weight is 397 g/mol. The van der Waals surface area contributed by atoms with Gasteiger partial charge < -0.3 is 5.73 Å². The van der Waals surface area contributed by atoms with Crippen LogP contribution in [0.15, 0.2) is 21.5 Å². The van der Waals surface area contributed by atoms with Crippen molar-refractivity contribution in [1.82, 2.24) is 4.72 Å². The number of halogens is 1. The summed E-state index contributed by atoms with van der Waals surface area (Å²) in [7, 11) is -6.97. The third-order valence-electron chi connectivity index (χ3n) is 3.37. The summed E-state index contributed by atoms with van der Waals surface area (Å²) in [4.78, 5) is 0.0752. The fraction of sp³-hybridized carbons (Fsp3) is 0.500. The molecule has 1 aliphatic heterocycles. The molecular formula is C12H17BrN2O4S2. The molecule has 9 heteroatoms. The first-order valence-corrected chi connectivity index (χ1v) is 10.5. The van der Waals surface area contributed by atoms with E-state index in [4.69, 9.17) is 5.73 Å². The van der Waals surface area contributed by atoms with E-state index in [1.54, 1.807) is 13.0 Å². The van der Waals surface area contributed by atoms with Gasteiger partial charge in [-0.25, -0.2) is 21.6 Å². The normalized spacial score (nSPS) is 22.1. The fourth-order valence-corrected chi connectivity index (χ4v) is 6.09. The smallest absolute Gasteiger partial charge is 0.241 e. The van der Waals surface area contributed by atoms with Crippen molar-refractivity contribution in [3.05, 3.63) is 22.2 Å². The van der Waals surface area contributed by atoms with Crippen molar-refractivity contribution in [2.75, 3.05) is 17.2 Å². The van der Waals surface area contributed by atoms with Crippen LogP contribution in [0.5, 0.6) is 0 Å². The monoisotopic (exact) mass is 396 g/mol. The first kappa shape index (κ1) is 16.7. The number of hydrogen-bond donors (Lipinski definition) is 2. The van der Waals surface area contributed by atoms with Crippen LogP contribution in [-0.2, 0) is 19.9 Å². The molecule has 0 bridgehead atoms. The minimum absolute atomic E-state index is 0.0752. The highest BCUT2D eigenvalue weighted by Crippen LogP contribution is 2.27. The molecule has 1 fully saturated rings. The summed E-state index contributed by atoms with van der Waals surface area (Å²) in [6, 6.07) is 2.42. The van der Waals surface area contributed by atoms with Gasteiger partial charge in [0.05, 0.1) is 16.4 Å². The number of benzene rings is 1. The second-order valence-corrected chi connectivity index (χ2v) is 9.98. The minimum Gasteiger partial charge on any atom is -0.398 e. The first-order chi connectivity index (χ1) is 9.61. The number of nitrogen functional groups attached to an aromatic ring is 1. The number of aryl methyl sites for hydroxylation is 1. The van der Waals surface area contributed by atoms with Crippen LogP contribution < -0.4 is 10.5 Å². The second kappa shape index (κ2) is 5.86. The Hall–Kier alpha value is -0.640. The molecule has 1 saturated heterocycles. The van der Waals surface area contributed by atoms with E-state index in [9.17, 15) is 16.8 Å². The maximum atomic E-state index is 12.4. The molecule has 0 saturated carbocycles. The van der Waals surface area contributed by atoms with E-state index in [0.29, 0.717) is 28.6 Å². The fourth-order valence-electron chi connectivity index (χ4n) is 2.36. The summed E-state index contributed by atoms with van der Waals surface area (Å²) in [6.45, 7) is 1.66. The third kappa shape index (κ3) is 3.97. The Labute approximate surface area is 133 Å². The molecule has 118 valence electrons. The molecular weight excluding hydrogens is 380 g/mol. The summed E-state index contributed by atoms with van der Waals surface area (Å²) in [5.74, 6) is -0.0349. The van der Waals surface area contributed by atoms with E-state index in [1.807, 2.05) is 0 Å². The van der Waals surface area contributed by atoms with Crippen molar-refractivity contribution in [3.8, 4) is 0 Å². The largest absolute Gasteiger partial charge is 0.398 e. The van der Waals surface area contributed by atoms with Crippen LogP contribution >= 0.6 is 15.9 Å². The summed E-state index contributed by atoms with van der Waals surface area (Å²) >= 11 is 3.24. The van der Waals surface area contributed by atoms with Gasteiger partial charge in [0.2, 0.25) is 10.0 Å². The first-order valence-electron chi connectivity index (χ1n) is 6.39. The average Bonchev–Trinajstić information content (AvgIpc) is 2.31. The quantitative estimate of drug-likeness (QED) is 0.746. The standard InChI is InChI=1S/C12H17BrN2O4S2/c1-8-5-10(13)11(14)6-12(8)21(18,19)15-9-3-2-4-20(16,17)7-9/h5-6,9,15H,2-4,7,14H2,1H3. The van der Waals surface area contributed by atoms with E-state index < -0.39 is 25.9 Å². The van der Waals surface area contributed by atoms with Gasteiger partial charge in [-0.2, -0.15) is 0 Å². The Morgan fingerprint density at radius 3 is 2.67 bits per heavy atom. The highest BCUT2D eigenvalue weighted by atomic mass is 79.9. The van der Waals surface area contributed by atoms with Crippen LogP contribution in [0, 0.1) is 6.92 Å².